The van der Waals surface area contributed by atoms with Crippen LogP contribution in [0.1, 0.15) is 51.0 Å². The van der Waals surface area contributed by atoms with E-state index in [1.165, 1.54) is 19.3 Å². The summed E-state index contributed by atoms with van der Waals surface area (Å²) in [7, 11) is 0. The first-order valence-corrected chi connectivity index (χ1v) is 9.99. The molecule has 0 amide bonds. The summed E-state index contributed by atoms with van der Waals surface area (Å²) in [5, 5.41) is 0. The van der Waals surface area contributed by atoms with Crippen molar-refractivity contribution in [3.05, 3.63) is 52.5 Å². The third-order valence-corrected chi connectivity index (χ3v) is 6.85. The monoisotopic (exact) mass is 384 g/mol. The van der Waals surface area contributed by atoms with E-state index in [0.29, 0.717) is 5.78 Å². The van der Waals surface area contributed by atoms with Gasteiger partial charge in [0.2, 0.25) is 0 Å². The van der Waals surface area contributed by atoms with E-state index in [1.54, 1.807) is 0 Å². The predicted molar refractivity (Wildman–Crippen MR) is 103 cm³/mol. The number of allylic oxidation sites excluding steroid dienone is 4. The fourth-order valence-corrected chi connectivity index (χ4v) is 6.14. The Morgan fingerprint density at radius 1 is 1.00 bits per heavy atom. The van der Waals surface area contributed by atoms with Crippen molar-refractivity contribution in [1.29, 1.82) is 0 Å². The molecule has 0 heterocycles. The van der Waals surface area contributed by atoms with Crippen molar-refractivity contribution < 1.29 is 4.79 Å². The van der Waals surface area contributed by atoms with Gasteiger partial charge in [-0.2, -0.15) is 0 Å². The molecule has 0 unspecified atom stereocenters. The molecule has 1 nitrogen and oxygen atoms in total. The van der Waals surface area contributed by atoms with E-state index in [2.05, 4.69) is 28.1 Å². The molecule has 2 heteroatoms. The molecule has 4 saturated carbocycles. The number of rotatable bonds is 4. The van der Waals surface area contributed by atoms with Crippen molar-refractivity contribution in [1.82, 2.24) is 0 Å². The SMILES string of the molecule is CC(Br)=C(C=CC(=O)C12CC3CC(CC(C3)C1)C2)c1ccccc1. The van der Waals surface area contributed by atoms with E-state index in [0.717, 1.165) is 52.6 Å². The molecule has 4 aliphatic carbocycles. The van der Waals surface area contributed by atoms with Crippen molar-refractivity contribution >= 4 is 27.3 Å². The Hall–Kier alpha value is -1.15. The molecule has 0 radical (unpaired) electrons. The number of hydrogen-bond acceptors (Lipinski definition) is 1. The lowest BCUT2D eigenvalue weighted by atomic mass is 9.48. The topological polar surface area (TPSA) is 17.1 Å². The molecule has 0 aliphatic heterocycles. The average molecular weight is 385 g/mol. The summed E-state index contributed by atoms with van der Waals surface area (Å²) in [6.07, 6.45) is 11.5. The van der Waals surface area contributed by atoms with E-state index in [-0.39, 0.29) is 5.41 Å². The van der Waals surface area contributed by atoms with Crippen molar-refractivity contribution in [3.8, 4) is 0 Å². The number of carbonyl (C=O) groups is 1. The number of ketones is 1. The average Bonchev–Trinajstić information content (AvgIpc) is 2.54. The van der Waals surface area contributed by atoms with Crippen LogP contribution in [0.3, 0.4) is 0 Å². The molecule has 5 rings (SSSR count). The van der Waals surface area contributed by atoms with Gasteiger partial charge in [0.25, 0.3) is 0 Å². The molecule has 0 aromatic heterocycles. The van der Waals surface area contributed by atoms with Crippen molar-refractivity contribution in [2.75, 3.05) is 0 Å². The minimum absolute atomic E-state index is 0.0345. The number of halogens is 1. The fourth-order valence-electron chi connectivity index (χ4n) is 5.78. The highest BCUT2D eigenvalue weighted by atomic mass is 79.9. The summed E-state index contributed by atoms with van der Waals surface area (Å²) in [4.78, 5) is 13.1. The van der Waals surface area contributed by atoms with Crippen LogP contribution >= 0.6 is 15.9 Å². The quantitative estimate of drug-likeness (QED) is 0.449. The van der Waals surface area contributed by atoms with Gasteiger partial charge >= 0.3 is 0 Å². The van der Waals surface area contributed by atoms with Gasteiger partial charge in [0.05, 0.1) is 0 Å². The summed E-state index contributed by atoms with van der Waals surface area (Å²) in [6, 6.07) is 10.3. The minimum atomic E-state index is -0.0345. The van der Waals surface area contributed by atoms with Crippen LogP contribution in [-0.2, 0) is 4.79 Å². The molecule has 4 bridgehead atoms. The molecule has 126 valence electrons. The van der Waals surface area contributed by atoms with Gasteiger partial charge in [0, 0.05) is 5.41 Å². The normalized spacial score (nSPS) is 35.3. The van der Waals surface area contributed by atoms with Gasteiger partial charge in [0.1, 0.15) is 0 Å². The van der Waals surface area contributed by atoms with Gasteiger partial charge in [-0.3, -0.25) is 4.79 Å². The number of hydrogen-bond donors (Lipinski definition) is 0. The van der Waals surface area contributed by atoms with Gasteiger partial charge < -0.3 is 0 Å². The first-order chi connectivity index (χ1) is 11.6. The Morgan fingerprint density at radius 3 is 2.04 bits per heavy atom. The van der Waals surface area contributed by atoms with Gasteiger partial charge in [-0.1, -0.05) is 52.3 Å². The lowest BCUT2D eigenvalue weighted by Gasteiger charge is -2.55. The van der Waals surface area contributed by atoms with Crippen LogP contribution in [0.25, 0.3) is 5.57 Å². The second-order valence-electron chi connectivity index (χ2n) is 8.21. The molecule has 0 saturated heterocycles. The number of carbonyl (C=O) groups excluding carboxylic acids is 1. The van der Waals surface area contributed by atoms with Crippen LogP contribution in [0.5, 0.6) is 0 Å². The van der Waals surface area contributed by atoms with Crippen molar-refractivity contribution in [3.63, 3.8) is 0 Å². The Kier molecular flexibility index (Phi) is 4.28. The molecule has 0 atom stereocenters. The molecule has 4 fully saturated rings. The third-order valence-electron chi connectivity index (χ3n) is 6.42. The third kappa shape index (κ3) is 2.94. The fraction of sp³-hybridized carbons (Fsp3) is 0.500. The zero-order valence-corrected chi connectivity index (χ0v) is 15.9. The standard InChI is InChI=1S/C22H25BrO/c1-15(23)20(19-5-3-2-4-6-19)7-8-21(24)22-12-16-9-17(13-22)11-18(10-16)14-22/h2-8,16-18H,9-14H2,1H3. The Labute approximate surface area is 153 Å². The van der Waals surface area contributed by atoms with Gasteiger partial charge in [-0.25, -0.2) is 0 Å². The maximum absolute atomic E-state index is 13.1. The summed E-state index contributed by atoms with van der Waals surface area (Å²) in [5.41, 5.74) is 2.22. The van der Waals surface area contributed by atoms with Gasteiger partial charge in [-0.15, -0.1) is 0 Å². The summed E-state index contributed by atoms with van der Waals surface area (Å²) >= 11 is 3.61. The smallest absolute Gasteiger partial charge is 0.161 e. The maximum Gasteiger partial charge on any atom is 0.161 e. The molecule has 4 aliphatic rings. The zero-order chi connectivity index (χ0) is 16.7. The predicted octanol–water partition coefficient (Wildman–Crippen LogP) is 6.15. The molecule has 24 heavy (non-hydrogen) atoms. The van der Waals surface area contributed by atoms with Gasteiger partial charge in [0.15, 0.2) is 5.78 Å². The van der Waals surface area contributed by atoms with Gasteiger partial charge in [-0.05, 0) is 84.9 Å². The zero-order valence-electron chi connectivity index (χ0n) is 14.3. The minimum Gasteiger partial charge on any atom is -0.294 e. The Bertz CT molecular complexity index is 659. The first kappa shape index (κ1) is 16.3. The van der Waals surface area contributed by atoms with Crippen LogP contribution in [0, 0.1) is 23.2 Å². The van der Waals surface area contributed by atoms with Crippen LogP contribution in [-0.4, -0.2) is 5.78 Å². The largest absolute Gasteiger partial charge is 0.294 e. The highest BCUT2D eigenvalue weighted by molar-refractivity contribution is 9.11. The van der Waals surface area contributed by atoms with Crippen molar-refractivity contribution in [2.45, 2.75) is 45.4 Å². The van der Waals surface area contributed by atoms with Crippen LogP contribution < -0.4 is 0 Å². The van der Waals surface area contributed by atoms with E-state index in [9.17, 15) is 4.79 Å². The van der Waals surface area contributed by atoms with Crippen LogP contribution in [0.15, 0.2) is 47.0 Å². The van der Waals surface area contributed by atoms with Crippen LogP contribution in [0.4, 0.5) is 0 Å². The van der Waals surface area contributed by atoms with Crippen LogP contribution in [0.2, 0.25) is 0 Å². The Morgan fingerprint density at radius 2 is 1.54 bits per heavy atom. The number of benzene rings is 1. The van der Waals surface area contributed by atoms with E-state index in [1.807, 2.05) is 37.3 Å². The molecular weight excluding hydrogens is 360 g/mol. The summed E-state index contributed by atoms with van der Waals surface area (Å²) < 4.78 is 1.07. The lowest BCUT2D eigenvalue weighted by molar-refractivity contribution is -0.138. The summed E-state index contributed by atoms with van der Waals surface area (Å²) in [5.74, 6) is 2.82. The van der Waals surface area contributed by atoms with Crippen molar-refractivity contribution in [2.24, 2.45) is 23.2 Å². The molecule has 0 spiro atoms. The lowest BCUT2D eigenvalue weighted by Crippen LogP contribution is -2.49. The Balaban J connectivity index is 1.57. The van der Waals surface area contributed by atoms with E-state index >= 15 is 0 Å². The highest BCUT2D eigenvalue weighted by Gasteiger charge is 2.53. The second-order valence-corrected chi connectivity index (χ2v) is 9.40. The maximum atomic E-state index is 13.1. The molecular formula is C22H25BrO. The molecule has 1 aromatic carbocycles. The molecule has 1 aromatic rings. The molecule has 0 N–H and O–H groups in total. The van der Waals surface area contributed by atoms with E-state index < -0.39 is 0 Å². The van der Waals surface area contributed by atoms with E-state index in [4.69, 9.17) is 0 Å². The summed E-state index contributed by atoms with van der Waals surface area (Å²) in [6.45, 7) is 2.04. The first-order valence-electron chi connectivity index (χ1n) is 9.20. The second kappa shape index (κ2) is 6.29. The highest BCUT2D eigenvalue weighted by Crippen LogP contribution is 2.60.